The van der Waals surface area contributed by atoms with Gasteiger partial charge in [0, 0.05) is 42.5 Å². The molecular formula is C25H28FN3O3. The highest BCUT2D eigenvalue weighted by Gasteiger charge is 2.30. The second-order valence-electron chi connectivity index (χ2n) is 8.40. The van der Waals surface area contributed by atoms with Crippen molar-refractivity contribution in [2.45, 2.75) is 26.3 Å². The fourth-order valence-corrected chi connectivity index (χ4v) is 4.33. The Labute approximate surface area is 186 Å². The van der Waals surface area contributed by atoms with Gasteiger partial charge in [0.2, 0.25) is 5.91 Å². The normalized spacial score (nSPS) is 15.5. The number of rotatable bonds is 6. The predicted octanol–water partition coefficient (Wildman–Crippen LogP) is 4.12. The lowest BCUT2D eigenvalue weighted by Gasteiger charge is -2.34. The van der Waals surface area contributed by atoms with Gasteiger partial charge in [0.15, 0.2) is 0 Å². The lowest BCUT2D eigenvalue weighted by Crippen LogP contribution is -2.42. The van der Waals surface area contributed by atoms with Crippen LogP contribution in [0.5, 0.6) is 5.75 Å². The molecule has 2 N–H and O–H groups in total. The van der Waals surface area contributed by atoms with Gasteiger partial charge in [-0.2, -0.15) is 0 Å². The first-order valence-electron chi connectivity index (χ1n) is 10.9. The summed E-state index contributed by atoms with van der Waals surface area (Å²) in [6.45, 7) is 3.46. The highest BCUT2D eigenvalue weighted by atomic mass is 19.1. The Bertz CT molecular complexity index is 1120. The number of nitrogens with one attached hydrogen (secondary N) is 2. The zero-order valence-electron chi connectivity index (χ0n) is 18.4. The quantitative estimate of drug-likeness (QED) is 0.609. The van der Waals surface area contributed by atoms with E-state index < -0.39 is 0 Å². The van der Waals surface area contributed by atoms with Crippen LogP contribution in [0.3, 0.4) is 0 Å². The number of methoxy groups -OCH3 is 1. The van der Waals surface area contributed by atoms with Gasteiger partial charge in [-0.15, -0.1) is 0 Å². The maximum Gasteiger partial charge on any atom is 0.270 e. The Kier molecular flexibility index (Phi) is 6.44. The molecule has 0 spiro atoms. The maximum atomic E-state index is 13.3. The van der Waals surface area contributed by atoms with Crippen molar-refractivity contribution < 1.29 is 18.7 Å². The molecule has 6 nitrogen and oxygen atoms in total. The molecule has 0 unspecified atom stereocenters. The molecule has 1 aromatic heterocycles. The van der Waals surface area contributed by atoms with Gasteiger partial charge >= 0.3 is 0 Å². The van der Waals surface area contributed by atoms with E-state index >= 15 is 0 Å². The smallest absolute Gasteiger partial charge is 0.270 e. The summed E-state index contributed by atoms with van der Waals surface area (Å²) in [5.41, 5.74) is 2.17. The van der Waals surface area contributed by atoms with Crippen molar-refractivity contribution >= 4 is 22.7 Å². The number of ether oxygens (including phenoxy) is 1. The third-order valence-electron chi connectivity index (χ3n) is 6.36. The minimum atomic E-state index is -0.309. The van der Waals surface area contributed by atoms with E-state index in [9.17, 15) is 14.0 Å². The van der Waals surface area contributed by atoms with Crippen LogP contribution in [-0.4, -0.2) is 41.9 Å². The topological polar surface area (TPSA) is 74.4 Å². The first-order valence-corrected chi connectivity index (χ1v) is 10.9. The van der Waals surface area contributed by atoms with Crippen molar-refractivity contribution in [3.63, 3.8) is 0 Å². The number of H-pyrrole nitrogens is 1. The van der Waals surface area contributed by atoms with Gasteiger partial charge in [-0.1, -0.05) is 19.1 Å². The molecule has 0 saturated carbocycles. The molecular weight excluding hydrogens is 409 g/mol. The monoisotopic (exact) mass is 437 g/mol. The lowest BCUT2D eigenvalue weighted by molar-refractivity contribution is -0.126. The van der Waals surface area contributed by atoms with Crippen molar-refractivity contribution in [3.05, 3.63) is 65.6 Å². The van der Waals surface area contributed by atoms with Crippen LogP contribution in [0.2, 0.25) is 0 Å². The van der Waals surface area contributed by atoms with E-state index in [1.165, 1.54) is 12.1 Å². The number of carbonyl (C=O) groups is 2. The van der Waals surface area contributed by atoms with Gasteiger partial charge in [0.05, 0.1) is 7.11 Å². The van der Waals surface area contributed by atoms with E-state index in [4.69, 9.17) is 4.74 Å². The molecule has 1 atom stereocenters. The number of hydrogen-bond donors (Lipinski definition) is 2. The molecule has 2 heterocycles. The highest BCUT2D eigenvalue weighted by molar-refractivity contribution is 5.98. The van der Waals surface area contributed by atoms with Crippen LogP contribution in [0.1, 0.15) is 35.8 Å². The van der Waals surface area contributed by atoms with Crippen LogP contribution in [0.4, 0.5) is 4.39 Å². The number of nitrogens with zero attached hydrogens (tertiary/aromatic N) is 1. The minimum Gasteiger partial charge on any atom is -0.497 e. The van der Waals surface area contributed by atoms with Gasteiger partial charge in [0.1, 0.15) is 17.3 Å². The van der Waals surface area contributed by atoms with Gasteiger partial charge in [-0.25, -0.2) is 4.39 Å². The van der Waals surface area contributed by atoms with E-state index in [-0.39, 0.29) is 29.5 Å². The summed E-state index contributed by atoms with van der Waals surface area (Å²) in [6, 6.07) is 13.8. The van der Waals surface area contributed by atoms with E-state index in [0.717, 1.165) is 35.1 Å². The minimum absolute atomic E-state index is 0.0261. The number of halogens is 1. The lowest BCUT2D eigenvalue weighted by atomic mass is 9.84. The molecule has 1 aliphatic heterocycles. The summed E-state index contributed by atoms with van der Waals surface area (Å²) < 4.78 is 18.6. The van der Waals surface area contributed by atoms with Crippen molar-refractivity contribution in [3.8, 4) is 5.75 Å². The first-order chi connectivity index (χ1) is 15.4. The number of carbonyl (C=O) groups excluding carboxylic acids is 2. The third-order valence-corrected chi connectivity index (χ3v) is 6.36. The molecule has 1 fully saturated rings. The van der Waals surface area contributed by atoms with Gasteiger partial charge in [0.25, 0.3) is 5.91 Å². The molecule has 168 valence electrons. The molecule has 0 bridgehead atoms. The van der Waals surface area contributed by atoms with Gasteiger partial charge < -0.3 is 19.9 Å². The van der Waals surface area contributed by atoms with Crippen molar-refractivity contribution in [2.75, 3.05) is 20.2 Å². The molecule has 0 radical (unpaired) electrons. The fourth-order valence-electron chi connectivity index (χ4n) is 4.33. The van der Waals surface area contributed by atoms with E-state index in [1.54, 1.807) is 19.2 Å². The first kappa shape index (κ1) is 21.9. The van der Waals surface area contributed by atoms with Crippen LogP contribution in [0.25, 0.3) is 10.9 Å². The van der Waals surface area contributed by atoms with E-state index in [2.05, 4.69) is 10.3 Å². The maximum absolute atomic E-state index is 13.3. The molecule has 2 aromatic carbocycles. The average molecular weight is 438 g/mol. The Morgan fingerprint density at radius 2 is 1.97 bits per heavy atom. The van der Waals surface area contributed by atoms with Crippen LogP contribution >= 0.6 is 0 Å². The molecule has 7 heteroatoms. The van der Waals surface area contributed by atoms with E-state index in [1.807, 2.05) is 36.1 Å². The summed E-state index contributed by atoms with van der Waals surface area (Å²) in [5.74, 6) is 0.407. The van der Waals surface area contributed by atoms with Crippen LogP contribution in [-0.2, 0) is 11.3 Å². The number of benzene rings is 2. The standard InChI is InChI=1S/C25H28FN3O3/c1-16(24(30)27-15-17-4-3-5-20(26)12-17)18-8-10-29(11-9-18)25(31)23-13-19-6-7-21(32-2)14-22(19)28-23/h3-7,12-14,16,18,28H,8-11,15H2,1-2H3,(H,27,30)/t16-/m1/s1. The second-order valence-corrected chi connectivity index (χ2v) is 8.40. The predicted molar refractivity (Wildman–Crippen MR) is 121 cm³/mol. The molecule has 1 saturated heterocycles. The van der Waals surface area contributed by atoms with Crippen LogP contribution in [0.15, 0.2) is 48.5 Å². The number of aromatic amines is 1. The molecule has 0 aliphatic carbocycles. The molecule has 1 aliphatic rings. The Hall–Kier alpha value is -3.35. The van der Waals surface area contributed by atoms with Gasteiger partial charge in [-0.05, 0) is 54.7 Å². The van der Waals surface area contributed by atoms with Crippen molar-refractivity contribution in [2.24, 2.45) is 11.8 Å². The number of hydrogen-bond acceptors (Lipinski definition) is 3. The molecule has 2 amide bonds. The van der Waals surface area contributed by atoms with Crippen LogP contribution < -0.4 is 10.1 Å². The summed E-state index contributed by atoms with van der Waals surface area (Å²) in [4.78, 5) is 30.6. The Morgan fingerprint density at radius 1 is 1.19 bits per heavy atom. The largest absolute Gasteiger partial charge is 0.497 e. The second kappa shape index (κ2) is 9.42. The summed E-state index contributed by atoms with van der Waals surface area (Å²) in [6.07, 6.45) is 1.54. The SMILES string of the molecule is COc1ccc2cc(C(=O)N3CCC([C@@H](C)C(=O)NCc4cccc(F)c4)CC3)[nH]c2c1. The Balaban J connectivity index is 1.31. The molecule has 32 heavy (non-hydrogen) atoms. The van der Waals surface area contributed by atoms with E-state index in [0.29, 0.717) is 25.3 Å². The zero-order chi connectivity index (χ0) is 22.7. The number of amides is 2. The number of piperidine rings is 1. The summed E-state index contributed by atoms with van der Waals surface area (Å²) in [5, 5.41) is 3.87. The number of likely N-dealkylation sites (tertiary alicyclic amines) is 1. The summed E-state index contributed by atoms with van der Waals surface area (Å²) >= 11 is 0. The van der Waals surface area contributed by atoms with Gasteiger partial charge in [-0.3, -0.25) is 9.59 Å². The number of fused-ring (bicyclic) bond motifs is 1. The molecule has 4 rings (SSSR count). The Morgan fingerprint density at radius 3 is 2.69 bits per heavy atom. The van der Waals surface area contributed by atoms with Crippen molar-refractivity contribution in [1.29, 1.82) is 0 Å². The zero-order valence-corrected chi connectivity index (χ0v) is 18.4. The fraction of sp³-hybridized carbons (Fsp3) is 0.360. The summed E-state index contributed by atoms with van der Waals surface area (Å²) in [7, 11) is 1.61. The third kappa shape index (κ3) is 4.77. The van der Waals surface area contributed by atoms with Crippen molar-refractivity contribution in [1.82, 2.24) is 15.2 Å². The number of aromatic nitrogens is 1. The average Bonchev–Trinajstić information content (AvgIpc) is 3.25. The molecule has 3 aromatic rings. The highest BCUT2D eigenvalue weighted by Crippen LogP contribution is 2.27. The van der Waals surface area contributed by atoms with Crippen LogP contribution in [0, 0.1) is 17.7 Å².